The molecule has 0 rings (SSSR count). The first-order valence-electron chi connectivity index (χ1n) is 12.2. The van der Waals surface area contributed by atoms with Gasteiger partial charge in [-0.3, -0.25) is 9.59 Å². The van der Waals surface area contributed by atoms with Crippen molar-refractivity contribution < 1.29 is 24.2 Å². The summed E-state index contributed by atoms with van der Waals surface area (Å²) in [6.07, 6.45) is 27.2. The number of rotatable bonds is 20. The van der Waals surface area contributed by atoms with Gasteiger partial charge in [0.1, 0.15) is 6.61 Å². The molecular weight excluding hydrogens is 404 g/mol. The van der Waals surface area contributed by atoms with Crippen LogP contribution in [0.25, 0.3) is 0 Å². The van der Waals surface area contributed by atoms with Gasteiger partial charge < -0.3 is 14.6 Å². The maximum atomic E-state index is 11.8. The minimum atomic E-state index is -0.792. The summed E-state index contributed by atoms with van der Waals surface area (Å²) in [5.74, 6) is -0.728. The minimum absolute atomic E-state index is 0.0990. The fraction of sp³-hybridized carbons (Fsp3) is 0.630. The first kappa shape index (κ1) is 29.9. The first-order valence-corrected chi connectivity index (χ1v) is 12.2. The highest BCUT2D eigenvalue weighted by molar-refractivity contribution is 5.70. The van der Waals surface area contributed by atoms with Gasteiger partial charge >= 0.3 is 11.9 Å². The van der Waals surface area contributed by atoms with Crippen molar-refractivity contribution in [1.82, 2.24) is 0 Å². The van der Waals surface area contributed by atoms with Gasteiger partial charge in [-0.15, -0.1) is 0 Å². The van der Waals surface area contributed by atoms with Crippen molar-refractivity contribution in [2.45, 2.75) is 97.0 Å². The van der Waals surface area contributed by atoms with E-state index in [1.165, 1.54) is 25.7 Å². The monoisotopic (exact) mass is 448 g/mol. The van der Waals surface area contributed by atoms with Gasteiger partial charge in [-0.2, -0.15) is 0 Å². The van der Waals surface area contributed by atoms with Crippen molar-refractivity contribution in [2.75, 3.05) is 13.2 Å². The molecule has 1 atom stereocenters. The molecule has 32 heavy (non-hydrogen) atoms. The van der Waals surface area contributed by atoms with Crippen LogP contribution in [-0.2, 0) is 19.1 Å². The molecule has 5 nitrogen and oxygen atoms in total. The summed E-state index contributed by atoms with van der Waals surface area (Å²) in [5.41, 5.74) is 0. The number of unbranched alkanes of at least 4 members (excludes halogenated alkanes) is 4. The van der Waals surface area contributed by atoms with E-state index in [-0.39, 0.29) is 31.6 Å². The van der Waals surface area contributed by atoms with Crippen molar-refractivity contribution in [3.8, 4) is 0 Å². The molecule has 0 aliphatic rings. The summed E-state index contributed by atoms with van der Waals surface area (Å²) < 4.78 is 10.1. The zero-order chi connectivity index (χ0) is 23.7. The Labute approximate surface area is 195 Å². The summed E-state index contributed by atoms with van der Waals surface area (Å²) in [7, 11) is 0. The van der Waals surface area contributed by atoms with Gasteiger partial charge in [-0.1, -0.05) is 75.3 Å². The maximum Gasteiger partial charge on any atom is 0.306 e. The van der Waals surface area contributed by atoms with Crippen LogP contribution in [0.5, 0.6) is 0 Å². The van der Waals surface area contributed by atoms with E-state index >= 15 is 0 Å². The van der Waals surface area contributed by atoms with Gasteiger partial charge in [0, 0.05) is 12.8 Å². The largest absolute Gasteiger partial charge is 0.462 e. The van der Waals surface area contributed by atoms with Gasteiger partial charge in [0.05, 0.1) is 6.61 Å². The molecule has 1 N–H and O–H groups in total. The van der Waals surface area contributed by atoms with E-state index in [9.17, 15) is 14.7 Å². The fourth-order valence-electron chi connectivity index (χ4n) is 2.76. The number of aliphatic hydroxyl groups is 1. The molecule has 0 fully saturated rings. The molecule has 0 radical (unpaired) electrons. The van der Waals surface area contributed by atoms with Crippen LogP contribution < -0.4 is 0 Å². The molecule has 0 unspecified atom stereocenters. The number of ether oxygens (including phenoxy) is 2. The smallest absolute Gasteiger partial charge is 0.306 e. The molecule has 0 amide bonds. The molecule has 182 valence electrons. The molecular formula is C27H44O5. The molecule has 0 bridgehead atoms. The summed E-state index contributed by atoms with van der Waals surface area (Å²) in [5, 5.41) is 9.24. The number of carbonyl (C=O) groups is 2. The zero-order valence-corrected chi connectivity index (χ0v) is 20.2. The lowest BCUT2D eigenvalue weighted by atomic mass is 10.2. The molecule has 0 aromatic rings. The van der Waals surface area contributed by atoms with E-state index in [1.54, 1.807) is 0 Å². The van der Waals surface area contributed by atoms with Gasteiger partial charge in [-0.25, -0.2) is 0 Å². The van der Waals surface area contributed by atoms with Crippen LogP contribution in [0.4, 0.5) is 0 Å². The Kier molecular flexibility index (Phi) is 21.9. The third kappa shape index (κ3) is 21.1. The first-order chi connectivity index (χ1) is 15.6. The number of aliphatic hydroxyl groups excluding tert-OH is 1. The molecule has 0 saturated heterocycles. The quantitative estimate of drug-likeness (QED) is 0.133. The SMILES string of the molecule is CCCCC/C=C\C/C=C\C/C=C\C/C=C\CCCC(=O)O[C@H](CO)COC(=O)CCC. The third-order valence-corrected chi connectivity index (χ3v) is 4.60. The summed E-state index contributed by atoms with van der Waals surface area (Å²) in [4.78, 5) is 23.2. The molecule has 0 heterocycles. The second kappa shape index (κ2) is 23.5. The number of carbonyl (C=O) groups excluding carboxylic acids is 2. The molecule has 0 aliphatic heterocycles. The van der Waals surface area contributed by atoms with Crippen molar-refractivity contribution in [3.63, 3.8) is 0 Å². The lowest BCUT2D eigenvalue weighted by Crippen LogP contribution is -2.28. The Hall–Kier alpha value is -2.14. The Bertz CT molecular complexity index is 575. The second-order valence-electron chi connectivity index (χ2n) is 7.71. The number of esters is 2. The lowest BCUT2D eigenvalue weighted by molar-refractivity contribution is -0.161. The van der Waals surface area contributed by atoms with E-state index in [0.29, 0.717) is 19.3 Å². The van der Waals surface area contributed by atoms with E-state index in [2.05, 4.69) is 55.5 Å². The highest BCUT2D eigenvalue weighted by Crippen LogP contribution is 2.04. The van der Waals surface area contributed by atoms with Gasteiger partial charge in [0.25, 0.3) is 0 Å². The minimum Gasteiger partial charge on any atom is -0.462 e. The Morgan fingerprint density at radius 2 is 1.28 bits per heavy atom. The van der Waals surface area contributed by atoms with E-state index in [4.69, 9.17) is 9.47 Å². The van der Waals surface area contributed by atoms with Crippen LogP contribution in [0.15, 0.2) is 48.6 Å². The topological polar surface area (TPSA) is 72.8 Å². The fourth-order valence-corrected chi connectivity index (χ4v) is 2.76. The highest BCUT2D eigenvalue weighted by Gasteiger charge is 2.15. The van der Waals surface area contributed by atoms with Crippen LogP contribution in [0.2, 0.25) is 0 Å². The Morgan fingerprint density at radius 3 is 1.81 bits per heavy atom. The van der Waals surface area contributed by atoms with Crippen LogP contribution >= 0.6 is 0 Å². The van der Waals surface area contributed by atoms with E-state index in [1.807, 2.05) is 6.92 Å². The van der Waals surface area contributed by atoms with Gasteiger partial charge in [0.2, 0.25) is 0 Å². The van der Waals surface area contributed by atoms with E-state index in [0.717, 1.165) is 25.7 Å². The van der Waals surface area contributed by atoms with E-state index < -0.39 is 6.10 Å². The second-order valence-corrected chi connectivity index (χ2v) is 7.71. The number of allylic oxidation sites excluding steroid dienone is 8. The molecule has 0 aromatic heterocycles. The summed E-state index contributed by atoms with van der Waals surface area (Å²) in [6.45, 7) is 3.65. The number of hydrogen-bond donors (Lipinski definition) is 1. The average molecular weight is 449 g/mol. The van der Waals surface area contributed by atoms with Crippen molar-refractivity contribution in [1.29, 1.82) is 0 Å². The standard InChI is InChI=1S/C27H44O5/c1-3-5-6-7-8-9-10-11-12-13-14-15-16-17-18-19-20-22-27(30)32-25(23-28)24-31-26(29)21-4-2/h8-9,11-12,14-15,17-18,25,28H,3-7,10,13,16,19-24H2,1-2H3/b9-8-,12-11-,15-14-,18-17-/t25-/m1/s1. The average Bonchev–Trinajstić information content (AvgIpc) is 2.78. The zero-order valence-electron chi connectivity index (χ0n) is 20.2. The van der Waals surface area contributed by atoms with Crippen LogP contribution in [0.3, 0.4) is 0 Å². The van der Waals surface area contributed by atoms with Crippen molar-refractivity contribution in [2.24, 2.45) is 0 Å². The van der Waals surface area contributed by atoms with Crippen molar-refractivity contribution >= 4 is 11.9 Å². The molecule has 0 spiro atoms. The predicted molar refractivity (Wildman–Crippen MR) is 131 cm³/mol. The molecule has 0 aliphatic carbocycles. The normalized spacial score (nSPS) is 13.0. The van der Waals surface area contributed by atoms with Crippen LogP contribution in [-0.4, -0.2) is 36.4 Å². The molecule has 5 heteroatoms. The molecule has 0 saturated carbocycles. The van der Waals surface area contributed by atoms with Gasteiger partial charge in [-0.05, 0) is 51.4 Å². The summed E-state index contributed by atoms with van der Waals surface area (Å²) >= 11 is 0. The van der Waals surface area contributed by atoms with Crippen LogP contribution in [0.1, 0.15) is 90.9 Å². The highest BCUT2D eigenvalue weighted by atomic mass is 16.6. The Morgan fingerprint density at radius 1 is 0.719 bits per heavy atom. The van der Waals surface area contributed by atoms with Crippen molar-refractivity contribution in [3.05, 3.63) is 48.6 Å². The predicted octanol–water partition coefficient (Wildman–Crippen LogP) is 6.38. The Balaban J connectivity index is 3.72. The molecule has 0 aromatic carbocycles. The summed E-state index contributed by atoms with van der Waals surface area (Å²) in [6, 6.07) is 0. The third-order valence-electron chi connectivity index (χ3n) is 4.60. The van der Waals surface area contributed by atoms with Crippen LogP contribution in [0, 0.1) is 0 Å². The number of hydrogen-bond acceptors (Lipinski definition) is 5. The lowest BCUT2D eigenvalue weighted by Gasteiger charge is -2.15. The van der Waals surface area contributed by atoms with Gasteiger partial charge in [0.15, 0.2) is 6.10 Å². The maximum absolute atomic E-state index is 11.8.